The zero-order chi connectivity index (χ0) is 13.5. The van der Waals surface area contributed by atoms with Crippen LogP contribution in [0.5, 0.6) is 0 Å². The standard InChI is InChI=1S/C15H20O3/c1-3-4-14(16)13-8-6-12(7-9-13)11(2)5-10-15(17)18/h6-9,11H,3-5,10H2,1-2H3,(H,17,18)/t11-/m0/s1. The summed E-state index contributed by atoms with van der Waals surface area (Å²) in [4.78, 5) is 22.2. The van der Waals surface area contributed by atoms with Crippen LogP contribution in [0, 0.1) is 0 Å². The molecule has 0 aliphatic heterocycles. The fraction of sp³-hybridized carbons (Fsp3) is 0.467. The number of ketones is 1. The topological polar surface area (TPSA) is 54.4 Å². The summed E-state index contributed by atoms with van der Waals surface area (Å²) in [5, 5.41) is 8.64. The normalized spacial score (nSPS) is 12.1. The quantitative estimate of drug-likeness (QED) is 0.749. The van der Waals surface area contributed by atoms with Crippen LogP contribution in [0.4, 0.5) is 0 Å². The van der Waals surface area contributed by atoms with Gasteiger partial charge >= 0.3 is 5.97 Å². The molecule has 98 valence electrons. The minimum Gasteiger partial charge on any atom is -0.481 e. The lowest BCUT2D eigenvalue weighted by atomic mass is 9.94. The van der Waals surface area contributed by atoms with Crippen molar-refractivity contribution in [1.29, 1.82) is 0 Å². The van der Waals surface area contributed by atoms with Gasteiger partial charge in [-0.25, -0.2) is 0 Å². The Labute approximate surface area is 108 Å². The lowest BCUT2D eigenvalue weighted by Crippen LogP contribution is -2.02. The van der Waals surface area contributed by atoms with Crippen LogP contribution in [0.2, 0.25) is 0 Å². The van der Waals surface area contributed by atoms with Crippen LogP contribution < -0.4 is 0 Å². The first-order valence-corrected chi connectivity index (χ1v) is 6.39. The summed E-state index contributed by atoms with van der Waals surface area (Å²) in [6.07, 6.45) is 2.23. The maximum absolute atomic E-state index is 11.7. The Bertz CT molecular complexity index is 406. The van der Waals surface area contributed by atoms with Crippen LogP contribution in [0.3, 0.4) is 0 Å². The molecule has 1 aromatic rings. The van der Waals surface area contributed by atoms with Gasteiger partial charge in [-0.15, -0.1) is 0 Å². The summed E-state index contributed by atoms with van der Waals surface area (Å²) < 4.78 is 0. The molecule has 0 radical (unpaired) electrons. The molecule has 1 aromatic carbocycles. The number of carboxylic acid groups (broad SMARTS) is 1. The van der Waals surface area contributed by atoms with E-state index >= 15 is 0 Å². The highest BCUT2D eigenvalue weighted by atomic mass is 16.4. The number of rotatable bonds is 7. The lowest BCUT2D eigenvalue weighted by molar-refractivity contribution is -0.137. The fourth-order valence-corrected chi connectivity index (χ4v) is 1.88. The number of Topliss-reactive ketones (excluding diaryl/α,β-unsaturated/α-hetero) is 1. The third kappa shape index (κ3) is 4.32. The molecule has 1 atom stereocenters. The minimum atomic E-state index is -0.767. The van der Waals surface area contributed by atoms with Gasteiger partial charge in [-0.05, 0) is 24.3 Å². The van der Waals surface area contributed by atoms with Crippen molar-refractivity contribution in [2.45, 2.75) is 45.4 Å². The van der Waals surface area contributed by atoms with E-state index in [9.17, 15) is 9.59 Å². The van der Waals surface area contributed by atoms with E-state index in [4.69, 9.17) is 5.11 Å². The van der Waals surface area contributed by atoms with Crippen molar-refractivity contribution in [3.63, 3.8) is 0 Å². The largest absolute Gasteiger partial charge is 0.481 e. The van der Waals surface area contributed by atoms with Gasteiger partial charge in [-0.3, -0.25) is 9.59 Å². The number of hydrogen-bond donors (Lipinski definition) is 1. The Morgan fingerprint density at radius 3 is 2.28 bits per heavy atom. The first-order chi connectivity index (χ1) is 8.54. The van der Waals surface area contributed by atoms with Crippen LogP contribution in [0.25, 0.3) is 0 Å². The van der Waals surface area contributed by atoms with Crippen molar-refractivity contribution in [1.82, 2.24) is 0 Å². The molecular weight excluding hydrogens is 228 g/mol. The van der Waals surface area contributed by atoms with Gasteiger partial charge in [0.05, 0.1) is 0 Å². The van der Waals surface area contributed by atoms with E-state index in [0.717, 1.165) is 17.5 Å². The number of benzene rings is 1. The first-order valence-electron chi connectivity index (χ1n) is 6.39. The predicted octanol–water partition coefficient (Wildman–Crippen LogP) is 3.64. The van der Waals surface area contributed by atoms with E-state index in [0.29, 0.717) is 12.8 Å². The molecule has 0 saturated carbocycles. The summed E-state index contributed by atoms with van der Waals surface area (Å²) in [7, 11) is 0. The molecule has 0 heterocycles. The molecule has 0 bridgehead atoms. The van der Waals surface area contributed by atoms with Crippen molar-refractivity contribution in [3.8, 4) is 0 Å². The van der Waals surface area contributed by atoms with E-state index in [1.54, 1.807) is 0 Å². The van der Waals surface area contributed by atoms with Crippen LogP contribution in [-0.4, -0.2) is 16.9 Å². The van der Waals surface area contributed by atoms with E-state index in [1.165, 1.54) is 0 Å². The second kappa shape index (κ2) is 6.94. The molecule has 0 spiro atoms. The van der Waals surface area contributed by atoms with Crippen molar-refractivity contribution in [2.24, 2.45) is 0 Å². The van der Waals surface area contributed by atoms with Gasteiger partial charge in [-0.1, -0.05) is 38.1 Å². The molecule has 0 unspecified atom stereocenters. The number of carboxylic acids is 1. The van der Waals surface area contributed by atoms with Gasteiger partial charge in [0.25, 0.3) is 0 Å². The Kier molecular flexibility index (Phi) is 5.56. The highest BCUT2D eigenvalue weighted by molar-refractivity contribution is 5.96. The monoisotopic (exact) mass is 248 g/mol. The van der Waals surface area contributed by atoms with Gasteiger partial charge in [0.1, 0.15) is 0 Å². The summed E-state index contributed by atoms with van der Waals surface area (Å²) in [5.41, 5.74) is 1.83. The second-order valence-electron chi connectivity index (χ2n) is 4.63. The van der Waals surface area contributed by atoms with E-state index < -0.39 is 5.97 Å². The molecule has 3 heteroatoms. The van der Waals surface area contributed by atoms with Crippen LogP contribution in [0.1, 0.15) is 61.4 Å². The summed E-state index contributed by atoms with van der Waals surface area (Å²) >= 11 is 0. The molecule has 1 rings (SSSR count). The van der Waals surface area contributed by atoms with Gasteiger partial charge in [-0.2, -0.15) is 0 Å². The van der Waals surface area contributed by atoms with Crippen LogP contribution in [0.15, 0.2) is 24.3 Å². The number of hydrogen-bond acceptors (Lipinski definition) is 2. The van der Waals surface area contributed by atoms with Gasteiger partial charge in [0.2, 0.25) is 0 Å². The third-order valence-corrected chi connectivity index (χ3v) is 3.07. The van der Waals surface area contributed by atoms with Crippen LogP contribution >= 0.6 is 0 Å². The third-order valence-electron chi connectivity index (χ3n) is 3.07. The molecular formula is C15H20O3. The smallest absolute Gasteiger partial charge is 0.303 e. The SMILES string of the molecule is CCCC(=O)c1ccc([C@@H](C)CCC(=O)O)cc1. The van der Waals surface area contributed by atoms with Crippen molar-refractivity contribution < 1.29 is 14.7 Å². The summed E-state index contributed by atoms with van der Waals surface area (Å²) in [6, 6.07) is 7.53. The highest BCUT2D eigenvalue weighted by Crippen LogP contribution is 2.21. The number of carbonyl (C=O) groups excluding carboxylic acids is 1. The fourth-order valence-electron chi connectivity index (χ4n) is 1.88. The molecule has 18 heavy (non-hydrogen) atoms. The Balaban J connectivity index is 2.64. The molecule has 3 nitrogen and oxygen atoms in total. The lowest BCUT2D eigenvalue weighted by Gasteiger charge is -2.11. The van der Waals surface area contributed by atoms with Crippen molar-refractivity contribution in [3.05, 3.63) is 35.4 Å². The summed E-state index contributed by atoms with van der Waals surface area (Å²) in [6.45, 7) is 3.99. The molecule has 0 fully saturated rings. The first kappa shape index (κ1) is 14.4. The van der Waals surface area contributed by atoms with Gasteiger partial charge in [0.15, 0.2) is 5.78 Å². The van der Waals surface area contributed by atoms with Gasteiger partial charge in [0, 0.05) is 18.4 Å². The zero-order valence-electron chi connectivity index (χ0n) is 11.0. The van der Waals surface area contributed by atoms with Gasteiger partial charge < -0.3 is 5.11 Å². The second-order valence-corrected chi connectivity index (χ2v) is 4.63. The molecule has 0 aliphatic carbocycles. The number of carbonyl (C=O) groups is 2. The van der Waals surface area contributed by atoms with E-state index in [1.807, 2.05) is 38.1 Å². The zero-order valence-corrected chi connectivity index (χ0v) is 11.0. The van der Waals surface area contributed by atoms with Crippen molar-refractivity contribution in [2.75, 3.05) is 0 Å². The molecule has 0 amide bonds. The predicted molar refractivity (Wildman–Crippen MR) is 71.0 cm³/mol. The number of aliphatic carboxylic acids is 1. The molecule has 0 aromatic heterocycles. The average Bonchev–Trinajstić information content (AvgIpc) is 2.36. The Morgan fingerprint density at radius 1 is 1.17 bits per heavy atom. The van der Waals surface area contributed by atoms with E-state index in [-0.39, 0.29) is 18.1 Å². The van der Waals surface area contributed by atoms with Crippen molar-refractivity contribution >= 4 is 11.8 Å². The maximum Gasteiger partial charge on any atom is 0.303 e. The molecule has 0 aliphatic rings. The Morgan fingerprint density at radius 2 is 1.78 bits per heavy atom. The average molecular weight is 248 g/mol. The summed E-state index contributed by atoms with van der Waals surface area (Å²) in [5.74, 6) is -0.393. The minimum absolute atomic E-state index is 0.169. The van der Waals surface area contributed by atoms with Crippen LogP contribution in [-0.2, 0) is 4.79 Å². The highest BCUT2D eigenvalue weighted by Gasteiger charge is 2.09. The Hall–Kier alpha value is -1.64. The molecule has 0 saturated heterocycles. The maximum atomic E-state index is 11.7. The molecule has 1 N–H and O–H groups in total. The van der Waals surface area contributed by atoms with E-state index in [2.05, 4.69) is 0 Å².